The van der Waals surface area contributed by atoms with Crippen LogP contribution in [-0.2, 0) is 21.5 Å². The molecule has 3 heterocycles. The molecule has 2 aliphatic rings. The third-order valence-corrected chi connectivity index (χ3v) is 6.60. The highest BCUT2D eigenvalue weighted by atomic mass is 16.2. The zero-order valence-electron chi connectivity index (χ0n) is 18.9. The Balaban J connectivity index is 1.37. The topological polar surface area (TPSA) is 96.3 Å². The number of rotatable bonds is 5. The van der Waals surface area contributed by atoms with E-state index in [1.807, 2.05) is 49.1 Å². The number of nitrogens with one attached hydrogen (secondary N) is 2. The zero-order chi connectivity index (χ0) is 23.2. The second-order valence-corrected chi connectivity index (χ2v) is 9.21. The number of hydrogen-bond acceptors (Lipinski definition) is 5. The van der Waals surface area contributed by atoms with Crippen LogP contribution in [0.4, 0.5) is 17.2 Å². The summed E-state index contributed by atoms with van der Waals surface area (Å²) in [6, 6.07) is 13.0. The van der Waals surface area contributed by atoms with Crippen molar-refractivity contribution in [2.45, 2.75) is 45.1 Å². The van der Waals surface area contributed by atoms with Gasteiger partial charge >= 0.3 is 0 Å². The third-order valence-electron chi connectivity index (χ3n) is 6.60. The number of anilines is 3. The minimum absolute atomic E-state index is 0.0567. The summed E-state index contributed by atoms with van der Waals surface area (Å²) in [5.41, 5.74) is 2.93. The molecule has 2 aromatic carbocycles. The highest BCUT2D eigenvalue weighted by molar-refractivity contribution is 6.06. The first kappa shape index (κ1) is 21.2. The van der Waals surface area contributed by atoms with Crippen molar-refractivity contribution in [2.75, 3.05) is 28.6 Å². The summed E-state index contributed by atoms with van der Waals surface area (Å²) in [5.74, 6) is 0.212. The minimum atomic E-state index is -0.648. The van der Waals surface area contributed by atoms with E-state index in [1.54, 1.807) is 16.7 Å². The van der Waals surface area contributed by atoms with E-state index in [0.29, 0.717) is 11.5 Å². The Morgan fingerprint density at radius 3 is 2.67 bits per heavy atom. The lowest BCUT2D eigenvalue weighted by molar-refractivity contribution is -0.119. The molecule has 5 rings (SSSR count). The van der Waals surface area contributed by atoms with Crippen molar-refractivity contribution in [3.8, 4) is 0 Å². The predicted molar refractivity (Wildman–Crippen MR) is 129 cm³/mol. The first-order valence-electron chi connectivity index (χ1n) is 11.3. The molecule has 0 bridgehead atoms. The van der Waals surface area contributed by atoms with Crippen molar-refractivity contribution < 1.29 is 9.59 Å². The van der Waals surface area contributed by atoms with Crippen LogP contribution < -0.4 is 21.1 Å². The number of carbonyl (C=O) groups is 2. The van der Waals surface area contributed by atoms with Gasteiger partial charge in [-0.3, -0.25) is 14.4 Å². The van der Waals surface area contributed by atoms with Gasteiger partial charge in [-0.15, -0.1) is 0 Å². The van der Waals surface area contributed by atoms with E-state index < -0.39 is 5.41 Å². The Labute approximate surface area is 191 Å². The monoisotopic (exact) mass is 445 g/mol. The highest BCUT2D eigenvalue weighted by Gasteiger charge is 2.38. The fourth-order valence-corrected chi connectivity index (χ4v) is 4.62. The lowest BCUT2D eigenvalue weighted by Gasteiger charge is -2.19. The number of amides is 2. The van der Waals surface area contributed by atoms with Gasteiger partial charge in [-0.25, -0.2) is 4.98 Å². The number of carbonyl (C=O) groups excluding carboxylic acids is 2. The van der Waals surface area contributed by atoms with Crippen molar-refractivity contribution in [1.82, 2.24) is 9.55 Å². The van der Waals surface area contributed by atoms with Crippen molar-refractivity contribution in [3.63, 3.8) is 0 Å². The lowest BCUT2D eigenvalue weighted by Crippen LogP contribution is -2.32. The number of para-hydroxylation sites is 2. The summed E-state index contributed by atoms with van der Waals surface area (Å²) < 4.78 is 1.66. The van der Waals surface area contributed by atoms with Gasteiger partial charge in [0, 0.05) is 37.4 Å². The molecule has 170 valence electrons. The summed E-state index contributed by atoms with van der Waals surface area (Å²) in [5, 5.41) is 5.78. The molecule has 0 aliphatic carbocycles. The second-order valence-electron chi connectivity index (χ2n) is 9.21. The molecule has 0 radical (unpaired) electrons. The fraction of sp³-hybridized carbons (Fsp3) is 0.360. The summed E-state index contributed by atoms with van der Waals surface area (Å²) in [6.07, 6.45) is 2.25. The van der Waals surface area contributed by atoms with Crippen LogP contribution in [0.1, 0.15) is 38.7 Å². The maximum Gasteiger partial charge on any atom is 0.294 e. The molecule has 0 spiro atoms. The van der Waals surface area contributed by atoms with Crippen molar-refractivity contribution in [3.05, 3.63) is 58.4 Å². The smallest absolute Gasteiger partial charge is 0.294 e. The van der Waals surface area contributed by atoms with Gasteiger partial charge in [0.15, 0.2) is 5.82 Å². The van der Waals surface area contributed by atoms with E-state index in [1.165, 1.54) is 0 Å². The van der Waals surface area contributed by atoms with Gasteiger partial charge in [-0.05, 0) is 62.6 Å². The number of fused-ring (bicyclic) bond motifs is 2. The molecule has 2 aliphatic heterocycles. The first-order chi connectivity index (χ1) is 15.8. The van der Waals surface area contributed by atoms with E-state index in [9.17, 15) is 14.4 Å². The zero-order valence-corrected chi connectivity index (χ0v) is 18.9. The molecule has 8 nitrogen and oxygen atoms in total. The molecular formula is C25H27N5O3. The van der Waals surface area contributed by atoms with Crippen LogP contribution in [0.5, 0.6) is 0 Å². The molecule has 0 atom stereocenters. The van der Waals surface area contributed by atoms with E-state index in [2.05, 4.69) is 15.6 Å². The lowest BCUT2D eigenvalue weighted by atomic mass is 9.86. The fourth-order valence-electron chi connectivity index (χ4n) is 4.62. The summed E-state index contributed by atoms with van der Waals surface area (Å²) in [4.78, 5) is 44.9. The largest absolute Gasteiger partial charge is 0.352 e. The Morgan fingerprint density at radius 1 is 1.12 bits per heavy atom. The maximum atomic E-state index is 13.3. The second kappa shape index (κ2) is 8.03. The van der Waals surface area contributed by atoms with Crippen LogP contribution in [0.25, 0.3) is 11.0 Å². The number of aromatic nitrogens is 2. The molecular weight excluding hydrogens is 418 g/mol. The van der Waals surface area contributed by atoms with Gasteiger partial charge in [0.25, 0.3) is 5.56 Å². The molecule has 2 N–H and O–H groups in total. The van der Waals surface area contributed by atoms with Crippen LogP contribution in [0, 0.1) is 0 Å². The molecule has 3 aromatic rings. The van der Waals surface area contributed by atoms with Gasteiger partial charge in [-0.2, -0.15) is 0 Å². The molecule has 8 heteroatoms. The minimum Gasteiger partial charge on any atom is -0.352 e. The molecule has 2 amide bonds. The van der Waals surface area contributed by atoms with E-state index in [4.69, 9.17) is 0 Å². The van der Waals surface area contributed by atoms with Crippen molar-refractivity contribution in [2.24, 2.45) is 0 Å². The van der Waals surface area contributed by atoms with Gasteiger partial charge in [0.1, 0.15) is 0 Å². The van der Waals surface area contributed by atoms with E-state index >= 15 is 0 Å². The van der Waals surface area contributed by atoms with Crippen LogP contribution in [0.3, 0.4) is 0 Å². The van der Waals surface area contributed by atoms with Gasteiger partial charge in [0.05, 0.1) is 16.4 Å². The van der Waals surface area contributed by atoms with Gasteiger partial charge in [-0.1, -0.05) is 12.1 Å². The Kier molecular flexibility index (Phi) is 5.15. The number of benzene rings is 2. The predicted octanol–water partition coefficient (Wildman–Crippen LogP) is 3.26. The molecule has 1 saturated heterocycles. The molecule has 1 fully saturated rings. The van der Waals surface area contributed by atoms with Crippen LogP contribution in [-0.4, -0.2) is 34.5 Å². The number of aryl methyl sites for hydroxylation is 1. The van der Waals surface area contributed by atoms with Gasteiger partial charge < -0.3 is 20.1 Å². The molecule has 33 heavy (non-hydrogen) atoms. The third kappa shape index (κ3) is 3.75. The van der Waals surface area contributed by atoms with E-state index in [0.717, 1.165) is 48.2 Å². The number of nitrogens with zero attached hydrogens (tertiary/aromatic N) is 3. The van der Waals surface area contributed by atoms with Crippen LogP contribution in [0.15, 0.2) is 47.3 Å². The van der Waals surface area contributed by atoms with Gasteiger partial charge in [0.2, 0.25) is 11.8 Å². The van der Waals surface area contributed by atoms with Crippen molar-refractivity contribution >= 4 is 40.0 Å². The Morgan fingerprint density at radius 2 is 1.88 bits per heavy atom. The average molecular weight is 446 g/mol. The average Bonchev–Trinajstić information content (AvgIpc) is 3.40. The van der Waals surface area contributed by atoms with Crippen LogP contribution >= 0.6 is 0 Å². The maximum absolute atomic E-state index is 13.3. The van der Waals surface area contributed by atoms with E-state index in [-0.39, 0.29) is 30.3 Å². The summed E-state index contributed by atoms with van der Waals surface area (Å²) in [7, 11) is 0. The highest BCUT2D eigenvalue weighted by Crippen LogP contribution is 2.38. The number of hydrogen-bond donors (Lipinski definition) is 2. The normalized spacial score (nSPS) is 16.7. The Hall–Kier alpha value is -3.68. The molecule has 0 unspecified atom stereocenters. The SMILES string of the molecule is CC1(C)C(=O)Nc2ccc(NC(=O)CCn3c(=O)c(N4CCCC4)nc4ccccc43)cc21. The first-order valence-corrected chi connectivity index (χ1v) is 11.3. The van der Waals surface area contributed by atoms with Crippen LogP contribution in [0.2, 0.25) is 0 Å². The summed E-state index contributed by atoms with van der Waals surface area (Å²) >= 11 is 0. The summed E-state index contributed by atoms with van der Waals surface area (Å²) in [6.45, 7) is 5.63. The Bertz CT molecular complexity index is 1320. The molecule has 1 aromatic heterocycles. The van der Waals surface area contributed by atoms with Crippen molar-refractivity contribution in [1.29, 1.82) is 0 Å². The molecule has 0 saturated carbocycles. The standard InChI is InChI=1S/C25H27N5O3/c1-25(2)17-15-16(9-10-18(17)28-24(25)33)26-21(31)11-14-30-20-8-4-3-7-19(20)27-22(23(30)32)29-12-5-6-13-29/h3-4,7-10,15H,5-6,11-14H2,1-2H3,(H,26,31)(H,28,33). The quantitative estimate of drug-likeness (QED) is 0.629.